The molecule has 8 N–H and O–H groups in total. The molecule has 22 aromatic rings. The molecule has 0 saturated carbocycles. The predicted octanol–water partition coefficient (Wildman–Crippen LogP) is 27.8. The van der Waals surface area contributed by atoms with Gasteiger partial charge < -0.3 is 40.9 Å². The SMILES string of the molecule is OC(=Cc1cccc(-c2cccc(C=C(O)c3ccccc3)n2)n1)c1ccccc1.Oc1c(-c2cccc(-c3cccc(-c4ccc5ccccc5c4O)n3)n2)ccc2ccccc12.Oc1cc2ccccc2cc1-c1cccc(-c2cccc(-c3cc4ccccc4cc3O)n2)n1.Oc1ccc2ccccc2c1-c1cccc(-c2cccc(-c3c(O)ccc4ccccc34)n2)n1.[Pt].[Pt].[Pt].[Pt]. The number of aliphatic hydroxyl groups excluding tert-OH is 2. The molecule has 0 spiro atoms. The van der Waals surface area contributed by atoms with E-state index in [1.54, 1.807) is 36.4 Å². The number of aliphatic hydroxyl groups is 2. The number of hydrogen-bond donors (Lipinski definition) is 8. The van der Waals surface area contributed by atoms with Crippen molar-refractivity contribution >= 4 is 88.3 Å². The standard InChI is InChI=1S/3C30H20N2O2.C26H20N2O2.4Pt/c33-29-17-21-9-3-1-7-19(21)15-23(29)25-11-5-13-27(31-25)28-14-6-12-26(32-28)24-16-20-8-2-4-10-22(20)18-30(24)34;33-29-21-9-3-1-7-19(21)15-17-23(29)25-11-5-13-27(31-25)28-14-6-12-26(32-28)24-18-16-20-8-2-4-10-22(20)30(24)34;33-27-17-15-19-7-1-3-9-21(19)29(27)25-13-5-11-23(31-25)24-12-6-14-26(32-24)30-22-10-4-2-8-20(22)16-18-28(30)34;29-25(19-9-3-1-4-10-19)17-21-13-7-15-23(27-21)24-16-8-14-22(28-24)18-26(30)20-11-5-2-6-12-20;;;;/h3*1-18,33-34H;1-18,29-30H;;;;. The van der Waals surface area contributed by atoms with Crippen molar-refractivity contribution in [1.29, 1.82) is 0 Å². The molecule has 8 heterocycles. The summed E-state index contributed by atoms with van der Waals surface area (Å²) in [5, 5.41) is 96.6. The van der Waals surface area contributed by atoms with Crippen LogP contribution in [0.15, 0.2) is 425 Å². The zero-order chi connectivity index (χ0) is 90.0. The second kappa shape index (κ2) is 43.4. The van der Waals surface area contributed by atoms with Gasteiger partial charge in [0.1, 0.15) is 46.0 Å². The first-order valence-corrected chi connectivity index (χ1v) is 42.7. The van der Waals surface area contributed by atoms with Crippen molar-refractivity contribution in [1.82, 2.24) is 39.9 Å². The maximum atomic E-state index is 10.9. The minimum Gasteiger partial charge on any atom is -0.507 e. The van der Waals surface area contributed by atoms with Crippen LogP contribution in [0.5, 0.6) is 34.5 Å². The van der Waals surface area contributed by atoms with Crippen molar-refractivity contribution < 1.29 is 125 Å². The molecule has 8 aromatic heterocycles. The smallest absolute Gasteiger partial charge is 0.132 e. The van der Waals surface area contributed by atoms with Gasteiger partial charge in [0.25, 0.3) is 0 Å². The molecule has 0 amide bonds. The second-order valence-corrected chi connectivity index (χ2v) is 31.3. The minimum absolute atomic E-state index is 0. The number of phenolic OH excluding ortho intramolecular Hbond substituents is 6. The summed E-state index contributed by atoms with van der Waals surface area (Å²) in [4.78, 5) is 38.1. The first kappa shape index (κ1) is 95.1. The van der Waals surface area contributed by atoms with E-state index in [1.807, 2.05) is 400 Å². The van der Waals surface area contributed by atoms with Gasteiger partial charge in [0, 0.05) is 152 Å². The Morgan fingerprint density at radius 3 is 0.743 bits per heavy atom. The van der Waals surface area contributed by atoms with Crippen LogP contribution in [0.2, 0.25) is 0 Å². The Hall–Kier alpha value is -15.5. The van der Waals surface area contributed by atoms with Gasteiger partial charge in [0.05, 0.1) is 91.1 Å². The Bertz CT molecular complexity index is 7620. The number of benzene rings is 14. The van der Waals surface area contributed by atoms with Crippen LogP contribution >= 0.6 is 0 Å². The van der Waals surface area contributed by atoms with Crippen LogP contribution in [-0.2, 0) is 84.3 Å². The van der Waals surface area contributed by atoms with E-state index in [-0.39, 0.29) is 130 Å². The molecule has 136 heavy (non-hydrogen) atoms. The molecule has 22 rings (SSSR count). The van der Waals surface area contributed by atoms with Gasteiger partial charge >= 0.3 is 0 Å². The van der Waals surface area contributed by atoms with Crippen molar-refractivity contribution in [3.8, 4) is 148 Å². The third-order valence-corrected chi connectivity index (χ3v) is 22.8. The normalized spacial score (nSPS) is 11.0. The zero-order valence-electron chi connectivity index (χ0n) is 72.0. The van der Waals surface area contributed by atoms with Crippen LogP contribution in [0.1, 0.15) is 22.5 Å². The Morgan fingerprint density at radius 2 is 0.412 bits per heavy atom. The number of rotatable bonds is 14. The number of phenols is 6. The summed E-state index contributed by atoms with van der Waals surface area (Å²) in [6.07, 6.45) is 3.26. The molecule has 0 radical (unpaired) electrons. The third kappa shape index (κ3) is 21.1. The minimum atomic E-state index is 0. The van der Waals surface area contributed by atoms with Crippen LogP contribution in [0.3, 0.4) is 0 Å². The van der Waals surface area contributed by atoms with Crippen molar-refractivity contribution in [3.63, 3.8) is 0 Å². The van der Waals surface area contributed by atoms with Crippen LogP contribution in [-0.4, -0.2) is 80.7 Å². The second-order valence-electron chi connectivity index (χ2n) is 31.3. The maximum absolute atomic E-state index is 10.9. The molecule has 0 aliphatic rings. The molecule has 0 fully saturated rings. The van der Waals surface area contributed by atoms with Gasteiger partial charge in [-0.05, 0) is 199 Å². The monoisotopic (exact) mass is 2490 g/mol. The summed E-state index contributed by atoms with van der Waals surface area (Å²) in [6.45, 7) is 0. The van der Waals surface area contributed by atoms with Gasteiger partial charge in [-0.3, -0.25) is 0 Å². The third-order valence-electron chi connectivity index (χ3n) is 22.8. The zero-order valence-corrected chi connectivity index (χ0v) is 81.1. The average molecular weight is 2490 g/mol. The van der Waals surface area contributed by atoms with Gasteiger partial charge in [0.2, 0.25) is 0 Å². The number of pyridine rings is 8. The molecule has 0 aliphatic heterocycles. The number of fused-ring (bicyclic) bond motifs is 6. The number of nitrogens with zero attached hydrogens (tertiary/aromatic N) is 8. The Morgan fingerprint density at radius 1 is 0.176 bits per heavy atom. The van der Waals surface area contributed by atoms with Gasteiger partial charge in [-0.25, -0.2) is 39.9 Å². The fourth-order valence-electron chi connectivity index (χ4n) is 16.2. The van der Waals surface area contributed by atoms with Gasteiger partial charge in [-0.1, -0.05) is 279 Å². The molecule has 0 atom stereocenters. The summed E-state index contributed by atoms with van der Waals surface area (Å²) >= 11 is 0. The molecular weight excluding hydrogens is 2410 g/mol. The fraction of sp³-hybridized carbons (Fsp3) is 0. The Labute approximate surface area is 840 Å². The van der Waals surface area contributed by atoms with Crippen molar-refractivity contribution in [2.45, 2.75) is 0 Å². The van der Waals surface area contributed by atoms with Crippen LogP contribution in [0.4, 0.5) is 0 Å². The van der Waals surface area contributed by atoms with E-state index in [0.29, 0.717) is 124 Å². The summed E-state index contributed by atoms with van der Waals surface area (Å²) in [5.74, 6) is 1.47. The molecule has 0 unspecified atom stereocenters. The number of aromatic nitrogens is 8. The van der Waals surface area contributed by atoms with Gasteiger partial charge in [0.15, 0.2) is 0 Å². The summed E-state index contributed by atoms with van der Waals surface area (Å²) in [7, 11) is 0. The molecule has 0 aliphatic carbocycles. The van der Waals surface area contributed by atoms with E-state index in [9.17, 15) is 40.9 Å². The summed E-state index contributed by atoms with van der Waals surface area (Å²) in [6, 6.07) is 134. The average Bonchev–Trinajstić information content (AvgIpc) is 0.435. The first-order valence-electron chi connectivity index (χ1n) is 42.7. The van der Waals surface area contributed by atoms with E-state index >= 15 is 0 Å². The van der Waals surface area contributed by atoms with E-state index in [0.717, 1.165) is 75.8 Å². The van der Waals surface area contributed by atoms with Crippen molar-refractivity contribution in [2.24, 2.45) is 0 Å². The molecule has 14 aromatic carbocycles. The molecule has 672 valence electrons. The molecule has 16 nitrogen and oxygen atoms in total. The van der Waals surface area contributed by atoms with E-state index in [2.05, 4.69) is 9.97 Å². The van der Waals surface area contributed by atoms with E-state index < -0.39 is 0 Å². The summed E-state index contributed by atoms with van der Waals surface area (Å²) in [5.41, 5.74) is 16.3. The first-order chi connectivity index (χ1) is 64.7. The van der Waals surface area contributed by atoms with Gasteiger partial charge in [-0.15, -0.1) is 0 Å². The van der Waals surface area contributed by atoms with E-state index in [1.165, 1.54) is 0 Å². The quantitative estimate of drug-likeness (QED) is 0.0471. The van der Waals surface area contributed by atoms with Crippen molar-refractivity contribution in [2.75, 3.05) is 0 Å². The maximum Gasteiger partial charge on any atom is 0.132 e. The van der Waals surface area contributed by atoms with Crippen molar-refractivity contribution in [3.05, 3.63) is 447 Å². The molecular formula is C116H80N8O8Pt4. The van der Waals surface area contributed by atoms with Crippen LogP contribution in [0, 0.1) is 0 Å². The fourth-order valence-corrected chi connectivity index (χ4v) is 16.2. The number of aromatic hydroxyl groups is 6. The largest absolute Gasteiger partial charge is 0.507 e. The van der Waals surface area contributed by atoms with Gasteiger partial charge in [-0.2, -0.15) is 0 Å². The molecule has 0 bridgehead atoms. The van der Waals surface area contributed by atoms with E-state index in [4.69, 9.17) is 29.9 Å². The Balaban J connectivity index is 0.000000137. The predicted molar refractivity (Wildman–Crippen MR) is 531 cm³/mol. The molecule has 20 heteroatoms. The number of hydrogen-bond acceptors (Lipinski definition) is 16. The summed E-state index contributed by atoms with van der Waals surface area (Å²) < 4.78 is 0. The molecule has 0 saturated heterocycles. The van der Waals surface area contributed by atoms with Crippen LogP contribution in [0.25, 0.3) is 201 Å². The van der Waals surface area contributed by atoms with Crippen LogP contribution < -0.4 is 0 Å². The topological polar surface area (TPSA) is 265 Å². The Kier molecular flexibility index (Phi) is 30.4.